The van der Waals surface area contributed by atoms with Gasteiger partial charge in [-0.2, -0.15) is 0 Å². The summed E-state index contributed by atoms with van der Waals surface area (Å²) in [6, 6.07) is 20.6. The summed E-state index contributed by atoms with van der Waals surface area (Å²) < 4.78 is 0. The number of hydrogen-bond acceptors (Lipinski definition) is 0. The minimum Gasteiger partial charge on any atom is -0.0616 e. The minimum absolute atomic E-state index is 0.000712. The highest BCUT2D eigenvalue weighted by atomic mass is 14.4. The molecule has 0 amide bonds. The van der Waals surface area contributed by atoms with Gasteiger partial charge < -0.3 is 0 Å². The van der Waals surface area contributed by atoms with Crippen LogP contribution in [0.15, 0.2) is 78.4 Å². The lowest BCUT2D eigenvalue weighted by molar-refractivity contribution is 0.654. The first kappa shape index (κ1) is 15.8. The molecular formula is C28H21+. The molecule has 0 unspecified atom stereocenters. The number of aryl methyl sites for hydroxylation is 1. The van der Waals surface area contributed by atoms with Crippen LogP contribution in [-0.2, 0) is 5.41 Å². The summed E-state index contributed by atoms with van der Waals surface area (Å²) in [5.41, 5.74) is 6.84. The molecule has 0 aliphatic heterocycles. The van der Waals surface area contributed by atoms with Crippen molar-refractivity contribution in [1.29, 1.82) is 0 Å². The maximum atomic E-state index is 3.29. The largest absolute Gasteiger partial charge is 0.107 e. The van der Waals surface area contributed by atoms with E-state index in [4.69, 9.17) is 0 Å². The predicted octanol–water partition coefficient (Wildman–Crippen LogP) is 7.43. The van der Waals surface area contributed by atoms with Crippen molar-refractivity contribution in [3.63, 3.8) is 0 Å². The summed E-state index contributed by atoms with van der Waals surface area (Å²) >= 11 is 0. The van der Waals surface area contributed by atoms with Crippen LogP contribution in [0.4, 0.5) is 0 Å². The number of hydrogen-bond donors (Lipinski definition) is 0. The van der Waals surface area contributed by atoms with Crippen LogP contribution in [0, 0.1) is 13.0 Å². The Morgan fingerprint density at radius 1 is 0.750 bits per heavy atom. The van der Waals surface area contributed by atoms with Crippen molar-refractivity contribution in [2.75, 3.05) is 0 Å². The highest BCUT2D eigenvalue weighted by molar-refractivity contribution is 6.26. The summed E-state index contributed by atoms with van der Waals surface area (Å²) in [7, 11) is 0. The first-order chi connectivity index (χ1) is 13.6. The molecule has 4 aromatic rings. The lowest BCUT2D eigenvalue weighted by Crippen LogP contribution is -2.16. The van der Waals surface area contributed by atoms with Gasteiger partial charge in [0.25, 0.3) is 0 Å². The molecule has 28 heavy (non-hydrogen) atoms. The van der Waals surface area contributed by atoms with E-state index in [9.17, 15) is 0 Å². The standard InChI is InChI=1S/C28H21/c1-17-12-13-20-22(14-17)18-8-4-5-9-19(18)23-15-25-21-10-6-7-11-26(21)28(2,3)27(25)16-24(20)23/h4-6,8-16H,1-3H3/q+1. The number of fused-ring (bicyclic) bond motifs is 8. The first-order valence-electron chi connectivity index (χ1n) is 9.96. The Morgan fingerprint density at radius 2 is 1.43 bits per heavy atom. The molecule has 0 spiro atoms. The van der Waals surface area contributed by atoms with Crippen molar-refractivity contribution in [3.8, 4) is 0 Å². The average molecular weight is 357 g/mol. The highest BCUT2D eigenvalue weighted by Gasteiger charge is 2.42. The number of allylic oxidation sites excluding steroid dienone is 6. The zero-order valence-electron chi connectivity index (χ0n) is 16.4. The quantitative estimate of drug-likeness (QED) is 0.227. The van der Waals surface area contributed by atoms with Crippen LogP contribution in [0.25, 0.3) is 37.9 Å². The van der Waals surface area contributed by atoms with Crippen LogP contribution in [0.3, 0.4) is 0 Å². The van der Waals surface area contributed by atoms with Crippen LogP contribution >= 0.6 is 0 Å². The second-order valence-electron chi connectivity index (χ2n) is 8.63. The lowest BCUT2D eigenvalue weighted by Gasteiger charge is -2.20. The van der Waals surface area contributed by atoms with Crippen LogP contribution in [0.1, 0.15) is 30.5 Å². The second-order valence-corrected chi connectivity index (χ2v) is 8.63. The highest BCUT2D eigenvalue weighted by Crippen LogP contribution is 2.50. The van der Waals surface area contributed by atoms with E-state index < -0.39 is 0 Å². The third-order valence-electron chi connectivity index (χ3n) is 6.63. The topological polar surface area (TPSA) is 0 Å². The molecule has 2 aliphatic rings. The van der Waals surface area contributed by atoms with E-state index in [1.54, 1.807) is 0 Å². The Hall–Kier alpha value is -3.21. The summed E-state index contributed by atoms with van der Waals surface area (Å²) in [4.78, 5) is 0. The Bertz CT molecular complexity index is 1420. The first-order valence-corrected chi connectivity index (χ1v) is 9.96. The molecule has 0 aromatic heterocycles. The van der Waals surface area contributed by atoms with Crippen molar-refractivity contribution in [3.05, 3.63) is 101 Å². The molecule has 0 radical (unpaired) electrons. The molecular weight excluding hydrogens is 336 g/mol. The normalized spacial score (nSPS) is 16.7. The van der Waals surface area contributed by atoms with Crippen molar-refractivity contribution in [2.24, 2.45) is 0 Å². The average Bonchev–Trinajstić information content (AvgIpc) is 2.94. The van der Waals surface area contributed by atoms with Gasteiger partial charge >= 0.3 is 0 Å². The van der Waals surface area contributed by atoms with Crippen LogP contribution in [0.5, 0.6) is 0 Å². The fraction of sp³-hybridized carbons (Fsp3) is 0.143. The fourth-order valence-corrected chi connectivity index (χ4v) is 5.18. The van der Waals surface area contributed by atoms with Crippen LogP contribution in [0.2, 0.25) is 0 Å². The maximum Gasteiger partial charge on any atom is 0.107 e. The molecule has 0 fully saturated rings. The Kier molecular flexibility index (Phi) is 2.93. The van der Waals surface area contributed by atoms with Gasteiger partial charge in [-0.3, -0.25) is 0 Å². The Morgan fingerprint density at radius 3 is 2.21 bits per heavy atom. The third-order valence-corrected chi connectivity index (χ3v) is 6.63. The number of benzene rings is 4. The van der Waals surface area contributed by atoms with E-state index in [2.05, 4.69) is 93.6 Å². The van der Waals surface area contributed by atoms with Crippen molar-refractivity contribution in [1.82, 2.24) is 0 Å². The molecule has 0 saturated heterocycles. The SMILES string of the molecule is Cc1ccc2c(c1)c1ccccc1c1cc3c(cc21)C(C)(C)C1=C3C=C[C+]=C1. The smallest absolute Gasteiger partial charge is 0.0616 e. The van der Waals surface area contributed by atoms with Gasteiger partial charge in [-0.15, -0.1) is 0 Å². The molecule has 0 nitrogen and oxygen atoms in total. The second kappa shape index (κ2) is 5.19. The Balaban J connectivity index is 1.85. The van der Waals surface area contributed by atoms with Crippen LogP contribution in [-0.4, -0.2) is 0 Å². The van der Waals surface area contributed by atoms with Crippen LogP contribution < -0.4 is 0 Å². The van der Waals surface area contributed by atoms with E-state index in [-0.39, 0.29) is 5.41 Å². The van der Waals surface area contributed by atoms with Gasteiger partial charge in [0.1, 0.15) is 12.2 Å². The Labute approximate surface area is 165 Å². The summed E-state index contributed by atoms with van der Waals surface area (Å²) in [5, 5.41) is 8.09. The summed E-state index contributed by atoms with van der Waals surface area (Å²) in [6.07, 6.45) is 9.72. The summed E-state index contributed by atoms with van der Waals surface area (Å²) in [5.74, 6) is 0. The van der Waals surface area contributed by atoms with Gasteiger partial charge in [-0.05, 0) is 70.8 Å². The van der Waals surface area contributed by atoms with Crippen molar-refractivity contribution < 1.29 is 0 Å². The van der Waals surface area contributed by atoms with E-state index in [0.29, 0.717) is 0 Å². The minimum atomic E-state index is -0.000712. The lowest BCUT2D eigenvalue weighted by atomic mass is 9.79. The molecule has 4 aromatic carbocycles. The molecule has 0 atom stereocenters. The molecule has 2 aliphatic carbocycles. The molecule has 0 heteroatoms. The van der Waals surface area contributed by atoms with Gasteiger partial charge in [-0.1, -0.05) is 48.0 Å². The van der Waals surface area contributed by atoms with Gasteiger partial charge in [0.15, 0.2) is 0 Å². The molecule has 132 valence electrons. The van der Waals surface area contributed by atoms with E-state index >= 15 is 0 Å². The maximum absolute atomic E-state index is 3.29. The van der Waals surface area contributed by atoms with Crippen molar-refractivity contribution >= 4 is 37.9 Å². The monoisotopic (exact) mass is 357 g/mol. The van der Waals surface area contributed by atoms with E-state index in [0.717, 1.165) is 0 Å². The van der Waals surface area contributed by atoms with E-state index in [1.807, 2.05) is 6.08 Å². The molecule has 0 saturated carbocycles. The zero-order valence-corrected chi connectivity index (χ0v) is 16.4. The van der Waals surface area contributed by atoms with Gasteiger partial charge in [0, 0.05) is 11.6 Å². The van der Waals surface area contributed by atoms with Gasteiger partial charge in [0.2, 0.25) is 0 Å². The molecule has 0 N–H and O–H groups in total. The zero-order chi connectivity index (χ0) is 19.0. The van der Waals surface area contributed by atoms with Gasteiger partial charge in [0.05, 0.1) is 22.6 Å². The predicted molar refractivity (Wildman–Crippen MR) is 121 cm³/mol. The van der Waals surface area contributed by atoms with Gasteiger partial charge in [-0.25, -0.2) is 0 Å². The number of rotatable bonds is 0. The fourth-order valence-electron chi connectivity index (χ4n) is 5.18. The molecule has 0 bridgehead atoms. The van der Waals surface area contributed by atoms with E-state index in [1.165, 1.54) is 60.2 Å². The van der Waals surface area contributed by atoms with Crippen molar-refractivity contribution in [2.45, 2.75) is 26.2 Å². The molecule has 0 heterocycles. The summed E-state index contributed by atoms with van der Waals surface area (Å²) in [6.45, 7) is 6.85. The third kappa shape index (κ3) is 1.88. The molecule has 6 rings (SSSR count).